The van der Waals surface area contributed by atoms with Crippen molar-refractivity contribution in [1.82, 2.24) is 9.56 Å². The van der Waals surface area contributed by atoms with Gasteiger partial charge in [-0.2, -0.15) is 0 Å². The van der Waals surface area contributed by atoms with E-state index >= 15 is 0 Å². The van der Waals surface area contributed by atoms with Gasteiger partial charge in [-0.15, -0.1) is 4.57 Å². The van der Waals surface area contributed by atoms with Crippen LogP contribution in [0.4, 0.5) is 5.69 Å². The molecule has 0 atom stereocenters. The van der Waals surface area contributed by atoms with E-state index in [1.165, 1.54) is 11.6 Å². The predicted octanol–water partition coefficient (Wildman–Crippen LogP) is 4.41. The Morgan fingerprint density at radius 2 is 1.91 bits per heavy atom. The predicted molar refractivity (Wildman–Crippen MR) is 124 cm³/mol. The highest BCUT2D eigenvalue weighted by atomic mass is 35.5. The number of carbonyl (C=O) groups is 1. The molecule has 1 amide bonds. The molecule has 0 fully saturated rings. The number of aromatic nitrogens is 2. The number of hydrogen-bond donors (Lipinski definition) is 1. The van der Waals surface area contributed by atoms with Crippen LogP contribution in [0.1, 0.15) is 23.9 Å². The first kappa shape index (κ1) is 22.4. The minimum atomic E-state index is -0.353. The van der Waals surface area contributed by atoms with E-state index in [0.29, 0.717) is 39.3 Å². The number of aryl methyl sites for hydroxylation is 2. The number of nitrogens with zero attached hydrogens (tertiary/aromatic N) is 2. The summed E-state index contributed by atoms with van der Waals surface area (Å²) in [5.41, 5.74) is 2.06. The Balaban J connectivity index is 1.42. The fraction of sp³-hybridized carbons (Fsp3) is 0.208. The fourth-order valence-electron chi connectivity index (χ4n) is 3.17. The van der Waals surface area contributed by atoms with Gasteiger partial charge in [-0.1, -0.05) is 30.7 Å². The summed E-state index contributed by atoms with van der Waals surface area (Å²) in [6.07, 6.45) is 0.931. The van der Waals surface area contributed by atoms with Crippen molar-refractivity contribution >= 4 is 28.8 Å². The standard InChI is InChI=1S/C24H22ClN3O5/c1-3-16-4-7-19(8-5-16)31-14-23(29)27-20-9-6-17(25)11-21(20)32-13-18-12-24(30)28-22(26-18)10-15(2)33-28/h4-12H,3,13-14H2,1-2H3,(H,27,29). The smallest absolute Gasteiger partial charge is 0.287 e. The summed E-state index contributed by atoms with van der Waals surface area (Å²) in [4.78, 5) is 29.0. The maximum atomic E-state index is 12.4. The zero-order chi connectivity index (χ0) is 23.4. The number of amides is 1. The third kappa shape index (κ3) is 5.53. The zero-order valence-corrected chi connectivity index (χ0v) is 18.9. The van der Waals surface area contributed by atoms with Gasteiger partial charge in [0.15, 0.2) is 12.3 Å². The van der Waals surface area contributed by atoms with Crippen molar-refractivity contribution in [2.24, 2.45) is 0 Å². The molecule has 2 aromatic carbocycles. The molecule has 0 saturated heterocycles. The highest BCUT2D eigenvalue weighted by Gasteiger charge is 2.12. The quantitative estimate of drug-likeness (QED) is 0.412. The average Bonchev–Trinajstić information content (AvgIpc) is 3.19. The van der Waals surface area contributed by atoms with Crippen LogP contribution < -0.4 is 20.3 Å². The number of ether oxygens (including phenoxy) is 2. The number of halogens is 1. The number of fused-ring (bicyclic) bond motifs is 1. The molecule has 2 aromatic heterocycles. The molecule has 0 saturated carbocycles. The van der Waals surface area contributed by atoms with Crippen LogP contribution >= 0.6 is 11.6 Å². The minimum absolute atomic E-state index is 0.000538. The summed E-state index contributed by atoms with van der Waals surface area (Å²) in [5.74, 6) is 1.17. The van der Waals surface area contributed by atoms with E-state index in [1.54, 1.807) is 31.2 Å². The number of rotatable bonds is 8. The van der Waals surface area contributed by atoms with Gasteiger partial charge >= 0.3 is 0 Å². The summed E-state index contributed by atoms with van der Waals surface area (Å²) < 4.78 is 17.8. The van der Waals surface area contributed by atoms with Crippen molar-refractivity contribution in [3.63, 3.8) is 0 Å². The third-order valence-electron chi connectivity index (χ3n) is 4.82. The number of nitrogens with one attached hydrogen (secondary N) is 1. The fourth-order valence-corrected chi connectivity index (χ4v) is 3.34. The lowest BCUT2D eigenvalue weighted by Gasteiger charge is -2.13. The van der Waals surface area contributed by atoms with E-state index in [0.717, 1.165) is 11.0 Å². The van der Waals surface area contributed by atoms with Crippen LogP contribution in [0.5, 0.6) is 11.5 Å². The van der Waals surface area contributed by atoms with Crippen LogP contribution in [0.15, 0.2) is 63.9 Å². The highest BCUT2D eigenvalue weighted by molar-refractivity contribution is 6.30. The molecule has 0 bridgehead atoms. The van der Waals surface area contributed by atoms with Crippen LogP contribution in [0, 0.1) is 6.92 Å². The summed E-state index contributed by atoms with van der Waals surface area (Å²) in [7, 11) is 0. The number of carbonyl (C=O) groups excluding carboxylic acids is 1. The van der Waals surface area contributed by atoms with Gasteiger partial charge in [0.05, 0.1) is 11.4 Å². The molecule has 1 N–H and O–H groups in total. The van der Waals surface area contributed by atoms with Gasteiger partial charge < -0.3 is 19.3 Å². The molecule has 170 valence electrons. The lowest BCUT2D eigenvalue weighted by atomic mass is 10.2. The Bertz CT molecular complexity index is 1340. The lowest BCUT2D eigenvalue weighted by molar-refractivity contribution is -0.118. The van der Waals surface area contributed by atoms with Crippen molar-refractivity contribution in [1.29, 1.82) is 0 Å². The van der Waals surface area contributed by atoms with Crippen molar-refractivity contribution in [3.8, 4) is 11.5 Å². The summed E-state index contributed by atoms with van der Waals surface area (Å²) in [6, 6.07) is 15.4. The first-order valence-corrected chi connectivity index (χ1v) is 10.7. The van der Waals surface area contributed by atoms with Gasteiger partial charge in [-0.3, -0.25) is 9.59 Å². The Morgan fingerprint density at radius 3 is 2.67 bits per heavy atom. The van der Waals surface area contributed by atoms with Gasteiger partial charge in [0.2, 0.25) is 0 Å². The second-order valence-corrected chi connectivity index (χ2v) is 7.78. The number of benzene rings is 2. The van der Waals surface area contributed by atoms with Crippen LogP contribution in [0.2, 0.25) is 5.02 Å². The maximum Gasteiger partial charge on any atom is 0.287 e. The van der Waals surface area contributed by atoms with Gasteiger partial charge in [0.25, 0.3) is 11.5 Å². The number of hydrogen-bond acceptors (Lipinski definition) is 6. The van der Waals surface area contributed by atoms with Crippen LogP contribution in [0.3, 0.4) is 0 Å². The largest absolute Gasteiger partial charge is 0.485 e. The maximum absolute atomic E-state index is 12.4. The molecule has 0 aliphatic heterocycles. The molecule has 0 spiro atoms. The molecule has 8 nitrogen and oxygen atoms in total. The lowest BCUT2D eigenvalue weighted by Crippen LogP contribution is -2.20. The van der Waals surface area contributed by atoms with E-state index in [2.05, 4.69) is 17.2 Å². The molecule has 0 radical (unpaired) electrons. The molecule has 9 heteroatoms. The van der Waals surface area contributed by atoms with Crippen molar-refractivity contribution in [2.45, 2.75) is 26.9 Å². The minimum Gasteiger partial charge on any atom is -0.485 e. The Hall–Kier alpha value is -3.78. The Labute approximate surface area is 194 Å². The normalized spacial score (nSPS) is 10.9. The third-order valence-corrected chi connectivity index (χ3v) is 5.05. The zero-order valence-electron chi connectivity index (χ0n) is 18.1. The summed E-state index contributed by atoms with van der Waals surface area (Å²) >= 11 is 6.11. The molecule has 4 rings (SSSR count). The van der Waals surface area contributed by atoms with Crippen molar-refractivity contribution < 1.29 is 18.8 Å². The average molecular weight is 468 g/mol. The van der Waals surface area contributed by atoms with Crippen LogP contribution in [-0.2, 0) is 17.8 Å². The van der Waals surface area contributed by atoms with E-state index in [1.807, 2.05) is 24.3 Å². The van der Waals surface area contributed by atoms with Gasteiger partial charge in [-0.05, 0) is 43.2 Å². The molecular weight excluding hydrogens is 446 g/mol. The van der Waals surface area contributed by atoms with Gasteiger partial charge in [0, 0.05) is 23.2 Å². The summed E-state index contributed by atoms with van der Waals surface area (Å²) in [6.45, 7) is 3.64. The van der Waals surface area contributed by atoms with E-state index in [9.17, 15) is 9.59 Å². The Kier molecular flexibility index (Phi) is 6.65. The second-order valence-electron chi connectivity index (χ2n) is 7.35. The molecule has 2 heterocycles. The number of anilines is 1. The van der Waals surface area contributed by atoms with Crippen LogP contribution in [-0.4, -0.2) is 22.1 Å². The van der Waals surface area contributed by atoms with Gasteiger partial charge in [-0.25, -0.2) is 4.98 Å². The van der Waals surface area contributed by atoms with Crippen molar-refractivity contribution in [2.75, 3.05) is 11.9 Å². The Morgan fingerprint density at radius 1 is 1.12 bits per heavy atom. The van der Waals surface area contributed by atoms with Crippen LogP contribution in [0.25, 0.3) is 5.65 Å². The van der Waals surface area contributed by atoms with E-state index in [-0.39, 0.29) is 24.7 Å². The molecule has 0 aliphatic carbocycles. The first-order valence-electron chi connectivity index (χ1n) is 10.3. The van der Waals surface area contributed by atoms with Gasteiger partial charge in [0.1, 0.15) is 23.9 Å². The topological polar surface area (TPSA) is 95.1 Å². The first-order chi connectivity index (χ1) is 15.9. The molecular formula is C24H22ClN3O5. The monoisotopic (exact) mass is 467 g/mol. The SMILES string of the molecule is CCc1ccc(OCC(=O)Nc2ccc(Cl)cc2OCc2cc(=O)n3oc(C)cc3n2)cc1. The van der Waals surface area contributed by atoms with E-state index in [4.69, 9.17) is 25.6 Å². The molecule has 33 heavy (non-hydrogen) atoms. The molecule has 4 aromatic rings. The summed E-state index contributed by atoms with van der Waals surface area (Å²) in [5, 5.41) is 3.20. The second kappa shape index (κ2) is 9.79. The highest BCUT2D eigenvalue weighted by Crippen LogP contribution is 2.29. The molecule has 0 aliphatic rings. The van der Waals surface area contributed by atoms with E-state index < -0.39 is 0 Å². The van der Waals surface area contributed by atoms with Crippen molar-refractivity contribution in [3.05, 3.63) is 87.0 Å². The molecule has 0 unspecified atom stereocenters.